The van der Waals surface area contributed by atoms with Crippen LogP contribution in [0.1, 0.15) is 6.92 Å². The molecule has 2 unspecified atom stereocenters. The first-order valence-electron chi connectivity index (χ1n) is 6.00. The van der Waals surface area contributed by atoms with Crippen LogP contribution >= 0.6 is 0 Å². The van der Waals surface area contributed by atoms with Gasteiger partial charge in [0, 0.05) is 24.3 Å². The Morgan fingerprint density at radius 2 is 2.17 bits per heavy atom. The quantitative estimate of drug-likeness (QED) is 0.611. The van der Waals surface area contributed by atoms with Gasteiger partial charge >= 0.3 is 0 Å². The molecular formula is C13H22N2O3. The van der Waals surface area contributed by atoms with Crippen molar-refractivity contribution in [1.29, 1.82) is 0 Å². The van der Waals surface area contributed by atoms with Gasteiger partial charge in [-0.25, -0.2) is 0 Å². The van der Waals surface area contributed by atoms with E-state index >= 15 is 0 Å². The van der Waals surface area contributed by atoms with E-state index in [-0.39, 0.29) is 19.3 Å². The van der Waals surface area contributed by atoms with Crippen LogP contribution < -0.4 is 10.5 Å². The molecule has 2 atom stereocenters. The average Bonchev–Trinajstić information content (AvgIpc) is 2.35. The standard InChI is InChI=1S/C13H22N2O3/c1-10(8-16)15(2)7-12(17)9-18-13-5-3-4-11(14)6-13/h3-6,10,12,16-17H,7-9,14H2,1-2H3. The minimum atomic E-state index is -0.606. The van der Waals surface area contributed by atoms with E-state index in [0.717, 1.165) is 0 Å². The molecule has 5 nitrogen and oxygen atoms in total. The largest absolute Gasteiger partial charge is 0.491 e. The highest BCUT2D eigenvalue weighted by Crippen LogP contribution is 2.14. The summed E-state index contributed by atoms with van der Waals surface area (Å²) in [4.78, 5) is 1.88. The Morgan fingerprint density at radius 3 is 2.78 bits per heavy atom. The molecule has 0 saturated heterocycles. The second-order valence-corrected chi connectivity index (χ2v) is 4.51. The molecule has 0 bridgehead atoms. The van der Waals surface area contributed by atoms with Gasteiger partial charge in [-0.1, -0.05) is 6.07 Å². The highest BCUT2D eigenvalue weighted by molar-refractivity contribution is 5.43. The van der Waals surface area contributed by atoms with E-state index in [9.17, 15) is 5.11 Å². The van der Waals surface area contributed by atoms with E-state index in [1.165, 1.54) is 0 Å². The van der Waals surface area contributed by atoms with Crippen molar-refractivity contribution < 1.29 is 14.9 Å². The lowest BCUT2D eigenvalue weighted by molar-refractivity contribution is 0.0543. The number of nitrogens with zero attached hydrogens (tertiary/aromatic N) is 1. The number of likely N-dealkylation sites (N-methyl/N-ethyl adjacent to an activating group) is 1. The van der Waals surface area contributed by atoms with Crippen molar-refractivity contribution in [2.75, 3.05) is 32.5 Å². The van der Waals surface area contributed by atoms with Crippen LogP contribution in [0.25, 0.3) is 0 Å². The third-order valence-corrected chi connectivity index (χ3v) is 2.82. The maximum absolute atomic E-state index is 9.82. The summed E-state index contributed by atoms with van der Waals surface area (Å²) in [5.74, 6) is 0.645. The average molecular weight is 254 g/mol. The van der Waals surface area contributed by atoms with Crippen LogP contribution in [0, 0.1) is 0 Å². The SMILES string of the molecule is CC(CO)N(C)CC(O)COc1cccc(N)c1. The van der Waals surface area contributed by atoms with Gasteiger partial charge in [0.1, 0.15) is 18.5 Å². The monoisotopic (exact) mass is 254 g/mol. The van der Waals surface area contributed by atoms with Crippen molar-refractivity contribution in [2.24, 2.45) is 0 Å². The number of aliphatic hydroxyl groups is 2. The molecule has 0 aliphatic rings. The Kier molecular flexibility index (Phi) is 5.91. The summed E-state index contributed by atoms with van der Waals surface area (Å²) in [7, 11) is 1.85. The summed E-state index contributed by atoms with van der Waals surface area (Å²) in [5.41, 5.74) is 6.26. The molecule has 1 aromatic carbocycles. The molecule has 102 valence electrons. The van der Waals surface area contributed by atoms with Crippen LogP contribution in [0.4, 0.5) is 5.69 Å². The van der Waals surface area contributed by atoms with E-state index in [1.54, 1.807) is 24.3 Å². The first-order valence-corrected chi connectivity index (χ1v) is 6.00. The number of aliphatic hydroxyl groups excluding tert-OH is 2. The molecular weight excluding hydrogens is 232 g/mol. The van der Waals surface area contributed by atoms with E-state index < -0.39 is 6.10 Å². The first-order chi connectivity index (χ1) is 8.52. The van der Waals surface area contributed by atoms with Crippen LogP contribution in [0.2, 0.25) is 0 Å². The number of nitrogens with two attached hydrogens (primary N) is 1. The van der Waals surface area contributed by atoms with Crippen molar-refractivity contribution in [3.63, 3.8) is 0 Å². The normalized spacial score (nSPS) is 14.5. The predicted octanol–water partition coefficient (Wildman–Crippen LogP) is 0.321. The third kappa shape index (κ3) is 4.91. The molecule has 5 heteroatoms. The second-order valence-electron chi connectivity index (χ2n) is 4.51. The van der Waals surface area contributed by atoms with E-state index in [4.69, 9.17) is 15.6 Å². The van der Waals surface area contributed by atoms with Gasteiger partial charge in [0.15, 0.2) is 0 Å². The molecule has 0 fully saturated rings. The number of hydrogen-bond donors (Lipinski definition) is 3. The van der Waals surface area contributed by atoms with Gasteiger partial charge in [-0.2, -0.15) is 0 Å². The van der Waals surface area contributed by atoms with Gasteiger partial charge in [-0.3, -0.25) is 4.90 Å². The lowest BCUT2D eigenvalue weighted by atomic mass is 10.2. The highest BCUT2D eigenvalue weighted by atomic mass is 16.5. The fourth-order valence-corrected chi connectivity index (χ4v) is 1.50. The number of hydrogen-bond acceptors (Lipinski definition) is 5. The Bertz CT molecular complexity index is 360. The molecule has 18 heavy (non-hydrogen) atoms. The maximum Gasteiger partial charge on any atom is 0.121 e. The van der Waals surface area contributed by atoms with Crippen LogP contribution in [0.5, 0.6) is 5.75 Å². The predicted molar refractivity (Wildman–Crippen MR) is 71.5 cm³/mol. The van der Waals surface area contributed by atoms with Crippen LogP contribution in [-0.4, -0.2) is 54.1 Å². The molecule has 0 aliphatic carbocycles. The lowest BCUT2D eigenvalue weighted by Crippen LogP contribution is -2.39. The Labute approximate surface area is 108 Å². The van der Waals surface area contributed by atoms with Gasteiger partial charge in [0.2, 0.25) is 0 Å². The zero-order valence-electron chi connectivity index (χ0n) is 10.9. The number of anilines is 1. The fourth-order valence-electron chi connectivity index (χ4n) is 1.50. The van der Waals surface area contributed by atoms with Gasteiger partial charge < -0.3 is 20.7 Å². The molecule has 0 spiro atoms. The molecule has 0 aliphatic heterocycles. The smallest absolute Gasteiger partial charge is 0.121 e. The van der Waals surface area contributed by atoms with Gasteiger partial charge in [-0.05, 0) is 26.1 Å². The molecule has 1 aromatic rings. The number of ether oxygens (including phenoxy) is 1. The molecule has 0 amide bonds. The topological polar surface area (TPSA) is 79.0 Å². The van der Waals surface area contributed by atoms with Crippen molar-refractivity contribution in [1.82, 2.24) is 4.90 Å². The zero-order valence-corrected chi connectivity index (χ0v) is 10.9. The van der Waals surface area contributed by atoms with E-state index in [1.807, 2.05) is 18.9 Å². The fraction of sp³-hybridized carbons (Fsp3) is 0.538. The minimum absolute atomic E-state index is 0.0204. The molecule has 0 heterocycles. The van der Waals surface area contributed by atoms with E-state index in [0.29, 0.717) is 18.0 Å². The maximum atomic E-state index is 9.82. The Balaban J connectivity index is 2.35. The number of nitrogen functional groups attached to an aromatic ring is 1. The minimum Gasteiger partial charge on any atom is -0.491 e. The Hall–Kier alpha value is -1.30. The molecule has 0 saturated carbocycles. The van der Waals surface area contributed by atoms with Crippen molar-refractivity contribution >= 4 is 5.69 Å². The van der Waals surface area contributed by atoms with Gasteiger partial charge in [-0.15, -0.1) is 0 Å². The zero-order chi connectivity index (χ0) is 13.5. The highest BCUT2D eigenvalue weighted by Gasteiger charge is 2.13. The molecule has 0 aromatic heterocycles. The number of rotatable bonds is 7. The molecule has 4 N–H and O–H groups in total. The van der Waals surface area contributed by atoms with E-state index in [2.05, 4.69) is 0 Å². The summed E-state index contributed by atoms with van der Waals surface area (Å²) in [5, 5.41) is 18.8. The van der Waals surface area contributed by atoms with Crippen molar-refractivity contribution in [3.05, 3.63) is 24.3 Å². The summed E-state index contributed by atoms with van der Waals surface area (Å²) >= 11 is 0. The summed E-state index contributed by atoms with van der Waals surface area (Å²) in [6, 6.07) is 7.11. The van der Waals surface area contributed by atoms with Crippen LogP contribution in [0.3, 0.4) is 0 Å². The summed E-state index contributed by atoms with van der Waals surface area (Å²) < 4.78 is 5.44. The second kappa shape index (κ2) is 7.20. The molecule has 1 rings (SSSR count). The summed E-state index contributed by atoms with van der Waals surface area (Å²) in [6.07, 6.45) is -0.606. The van der Waals surface area contributed by atoms with Crippen LogP contribution in [-0.2, 0) is 0 Å². The lowest BCUT2D eigenvalue weighted by Gasteiger charge is -2.25. The molecule has 0 radical (unpaired) electrons. The van der Waals surface area contributed by atoms with Crippen molar-refractivity contribution in [2.45, 2.75) is 19.1 Å². The summed E-state index contributed by atoms with van der Waals surface area (Å²) in [6.45, 7) is 2.61. The van der Waals surface area contributed by atoms with Gasteiger partial charge in [0.05, 0.1) is 6.61 Å². The van der Waals surface area contributed by atoms with Gasteiger partial charge in [0.25, 0.3) is 0 Å². The Morgan fingerprint density at radius 1 is 1.44 bits per heavy atom. The third-order valence-electron chi connectivity index (χ3n) is 2.82. The number of benzene rings is 1. The first kappa shape index (κ1) is 14.8. The van der Waals surface area contributed by atoms with Crippen molar-refractivity contribution in [3.8, 4) is 5.75 Å². The van der Waals surface area contributed by atoms with Crippen LogP contribution in [0.15, 0.2) is 24.3 Å².